The van der Waals surface area contributed by atoms with Crippen LogP contribution in [0.25, 0.3) is 0 Å². The van der Waals surface area contributed by atoms with Crippen LogP contribution in [0.15, 0.2) is 12.2 Å². The monoisotopic (exact) mass is 250 g/mol. The molecule has 18 heavy (non-hydrogen) atoms. The fourth-order valence-electron chi connectivity index (χ4n) is 2.86. The molecule has 4 nitrogen and oxygen atoms in total. The molecule has 100 valence electrons. The van der Waals surface area contributed by atoms with Crippen LogP contribution in [0.5, 0.6) is 0 Å². The number of hydrogen-bond donors (Lipinski definition) is 1. The van der Waals surface area contributed by atoms with E-state index >= 15 is 0 Å². The Morgan fingerprint density at radius 1 is 1.06 bits per heavy atom. The minimum absolute atomic E-state index is 0.0954. The average Bonchev–Trinajstić information content (AvgIpc) is 2.58. The van der Waals surface area contributed by atoms with Crippen LogP contribution in [0, 0.1) is 0 Å². The van der Waals surface area contributed by atoms with Crippen molar-refractivity contribution in [1.29, 1.82) is 0 Å². The molecule has 2 rings (SSSR count). The molecule has 2 amide bonds. The van der Waals surface area contributed by atoms with E-state index in [2.05, 4.69) is 26.1 Å². The van der Waals surface area contributed by atoms with Gasteiger partial charge in [-0.1, -0.05) is 0 Å². The topological polar surface area (TPSA) is 49.4 Å². The lowest BCUT2D eigenvalue weighted by atomic mass is 9.88. The molecule has 1 aliphatic carbocycles. The molecule has 1 saturated carbocycles. The van der Waals surface area contributed by atoms with Crippen LogP contribution in [0.4, 0.5) is 0 Å². The van der Waals surface area contributed by atoms with E-state index in [0.29, 0.717) is 6.04 Å². The standard InChI is InChI=1S/C14H22N2O2/c1-14(2,3)15-10-4-6-11(7-5-10)16-12(17)8-9-13(16)18/h8-11,15H,4-7H2,1-3H3. The molecule has 2 aliphatic rings. The number of nitrogens with zero attached hydrogens (tertiary/aromatic N) is 1. The minimum atomic E-state index is -0.146. The smallest absolute Gasteiger partial charge is 0.253 e. The van der Waals surface area contributed by atoms with Gasteiger partial charge in [0.2, 0.25) is 0 Å². The largest absolute Gasteiger partial charge is 0.309 e. The van der Waals surface area contributed by atoms with Gasteiger partial charge in [0.25, 0.3) is 11.8 Å². The number of carbonyl (C=O) groups excluding carboxylic acids is 2. The highest BCUT2D eigenvalue weighted by molar-refractivity contribution is 6.13. The van der Waals surface area contributed by atoms with Gasteiger partial charge in [-0.2, -0.15) is 0 Å². The summed E-state index contributed by atoms with van der Waals surface area (Å²) in [4.78, 5) is 24.6. The van der Waals surface area contributed by atoms with Crippen molar-refractivity contribution in [3.63, 3.8) is 0 Å². The highest BCUT2D eigenvalue weighted by atomic mass is 16.2. The molecular weight excluding hydrogens is 228 g/mol. The van der Waals surface area contributed by atoms with E-state index in [1.54, 1.807) is 0 Å². The maximum absolute atomic E-state index is 11.6. The van der Waals surface area contributed by atoms with Gasteiger partial charge in [0, 0.05) is 29.8 Å². The van der Waals surface area contributed by atoms with E-state index in [1.165, 1.54) is 17.1 Å². The molecule has 4 heteroatoms. The maximum Gasteiger partial charge on any atom is 0.253 e. The van der Waals surface area contributed by atoms with E-state index in [-0.39, 0.29) is 23.4 Å². The Kier molecular flexibility index (Phi) is 3.57. The molecule has 0 aromatic heterocycles. The second kappa shape index (κ2) is 4.84. The lowest BCUT2D eigenvalue weighted by Gasteiger charge is -2.36. The predicted molar refractivity (Wildman–Crippen MR) is 69.9 cm³/mol. The van der Waals surface area contributed by atoms with Gasteiger partial charge in [-0.3, -0.25) is 14.5 Å². The summed E-state index contributed by atoms with van der Waals surface area (Å²) in [5.41, 5.74) is 0.123. The fourth-order valence-corrected chi connectivity index (χ4v) is 2.86. The Labute approximate surface area is 108 Å². The second-order valence-electron chi connectivity index (χ2n) is 6.28. The van der Waals surface area contributed by atoms with Crippen LogP contribution in [0.3, 0.4) is 0 Å². The van der Waals surface area contributed by atoms with Crippen molar-refractivity contribution < 1.29 is 9.59 Å². The molecule has 1 fully saturated rings. The summed E-state index contributed by atoms with van der Waals surface area (Å²) in [5, 5.41) is 3.59. The molecular formula is C14H22N2O2. The van der Waals surface area contributed by atoms with Gasteiger partial charge < -0.3 is 5.32 Å². The SMILES string of the molecule is CC(C)(C)NC1CCC(N2C(=O)C=CC2=O)CC1. The normalized spacial score (nSPS) is 29.2. The summed E-state index contributed by atoms with van der Waals surface area (Å²) in [5.74, 6) is -0.292. The number of nitrogens with one attached hydrogen (secondary N) is 1. The summed E-state index contributed by atoms with van der Waals surface area (Å²) < 4.78 is 0. The van der Waals surface area contributed by atoms with Gasteiger partial charge >= 0.3 is 0 Å². The molecule has 1 N–H and O–H groups in total. The third-order valence-corrected chi connectivity index (χ3v) is 3.54. The van der Waals surface area contributed by atoms with Gasteiger partial charge in [0.05, 0.1) is 0 Å². The Morgan fingerprint density at radius 2 is 1.56 bits per heavy atom. The molecule has 1 heterocycles. The number of imide groups is 1. The van der Waals surface area contributed by atoms with E-state index in [9.17, 15) is 9.59 Å². The molecule has 1 aliphatic heterocycles. The first-order chi connectivity index (χ1) is 8.37. The third-order valence-electron chi connectivity index (χ3n) is 3.54. The van der Waals surface area contributed by atoms with Crippen molar-refractivity contribution in [3.05, 3.63) is 12.2 Å². The molecule has 0 unspecified atom stereocenters. The van der Waals surface area contributed by atoms with Crippen LogP contribution >= 0.6 is 0 Å². The quantitative estimate of drug-likeness (QED) is 0.757. The molecule has 0 atom stereocenters. The average molecular weight is 250 g/mol. The molecule has 0 aromatic rings. The zero-order valence-electron chi connectivity index (χ0n) is 11.4. The summed E-state index contributed by atoms with van der Waals surface area (Å²) in [6.07, 6.45) is 6.63. The highest BCUT2D eigenvalue weighted by Crippen LogP contribution is 2.26. The van der Waals surface area contributed by atoms with E-state index in [1.807, 2.05) is 0 Å². The van der Waals surface area contributed by atoms with Crippen LogP contribution in [-0.4, -0.2) is 34.3 Å². The van der Waals surface area contributed by atoms with E-state index in [0.717, 1.165) is 25.7 Å². The number of carbonyl (C=O) groups is 2. The van der Waals surface area contributed by atoms with Crippen molar-refractivity contribution in [2.24, 2.45) is 0 Å². The third kappa shape index (κ3) is 2.99. The van der Waals surface area contributed by atoms with Crippen LogP contribution in [0.1, 0.15) is 46.5 Å². The Morgan fingerprint density at radius 3 is 2.00 bits per heavy atom. The number of hydrogen-bond acceptors (Lipinski definition) is 3. The van der Waals surface area contributed by atoms with Crippen molar-refractivity contribution in [2.75, 3.05) is 0 Å². The van der Waals surface area contributed by atoms with Gasteiger partial charge in [-0.05, 0) is 46.5 Å². The summed E-state index contributed by atoms with van der Waals surface area (Å²) in [7, 11) is 0. The first-order valence-corrected chi connectivity index (χ1v) is 6.70. The molecule has 0 spiro atoms. The maximum atomic E-state index is 11.6. The molecule has 0 saturated heterocycles. The van der Waals surface area contributed by atoms with Gasteiger partial charge in [-0.25, -0.2) is 0 Å². The highest BCUT2D eigenvalue weighted by Gasteiger charge is 2.34. The summed E-state index contributed by atoms with van der Waals surface area (Å²) in [6, 6.07) is 0.597. The van der Waals surface area contributed by atoms with Crippen LogP contribution < -0.4 is 5.32 Å². The first-order valence-electron chi connectivity index (χ1n) is 6.70. The molecule has 0 aromatic carbocycles. The predicted octanol–water partition coefficient (Wildman–Crippen LogP) is 1.61. The first kappa shape index (κ1) is 13.3. The zero-order chi connectivity index (χ0) is 13.3. The Bertz CT molecular complexity index is 356. The molecule has 0 bridgehead atoms. The zero-order valence-corrected chi connectivity index (χ0v) is 11.4. The number of rotatable bonds is 2. The summed E-state index contributed by atoms with van der Waals surface area (Å²) >= 11 is 0. The van der Waals surface area contributed by atoms with E-state index < -0.39 is 0 Å². The van der Waals surface area contributed by atoms with Gasteiger partial charge in [-0.15, -0.1) is 0 Å². The van der Waals surface area contributed by atoms with Crippen LogP contribution in [-0.2, 0) is 9.59 Å². The van der Waals surface area contributed by atoms with E-state index in [4.69, 9.17) is 0 Å². The summed E-state index contributed by atoms with van der Waals surface area (Å²) in [6.45, 7) is 6.49. The van der Waals surface area contributed by atoms with Gasteiger partial charge in [0.15, 0.2) is 0 Å². The van der Waals surface area contributed by atoms with Crippen molar-refractivity contribution in [3.8, 4) is 0 Å². The van der Waals surface area contributed by atoms with Crippen LogP contribution in [0.2, 0.25) is 0 Å². The number of amides is 2. The molecule has 0 radical (unpaired) electrons. The Balaban J connectivity index is 1.87. The lowest BCUT2D eigenvalue weighted by Crippen LogP contribution is -2.49. The van der Waals surface area contributed by atoms with Crippen molar-refractivity contribution >= 4 is 11.8 Å². The lowest BCUT2D eigenvalue weighted by molar-refractivity contribution is -0.140. The van der Waals surface area contributed by atoms with Crippen molar-refractivity contribution in [1.82, 2.24) is 10.2 Å². The fraction of sp³-hybridized carbons (Fsp3) is 0.714. The minimum Gasteiger partial charge on any atom is -0.309 e. The van der Waals surface area contributed by atoms with Crippen molar-refractivity contribution in [2.45, 2.75) is 64.1 Å². The Hall–Kier alpha value is -1.16. The second-order valence-corrected chi connectivity index (χ2v) is 6.28. The van der Waals surface area contributed by atoms with Gasteiger partial charge in [0.1, 0.15) is 0 Å².